The topological polar surface area (TPSA) is 140 Å². The molecule has 124 valence electrons. The molecule has 0 aliphatic carbocycles. The number of rotatable bonds is 3. The molecular formula is C13H10BrN5O5. The Bertz CT molecular complexity index is 898. The summed E-state index contributed by atoms with van der Waals surface area (Å²) in [6, 6.07) is 2.91. The Morgan fingerprint density at radius 3 is 2.71 bits per heavy atom. The molecule has 3 aromatic rings. The molecule has 11 heteroatoms. The van der Waals surface area contributed by atoms with E-state index in [4.69, 9.17) is 20.0 Å². The lowest BCUT2D eigenvalue weighted by Gasteiger charge is -2.05. The number of nitrogens with zero attached hydrogens (tertiary/aromatic N) is 5. The summed E-state index contributed by atoms with van der Waals surface area (Å²) < 4.78 is 7.62. The lowest BCUT2D eigenvalue weighted by atomic mass is 10.2. The molecule has 0 aromatic carbocycles. The van der Waals surface area contributed by atoms with Gasteiger partial charge in [0.2, 0.25) is 5.88 Å². The molecule has 0 saturated heterocycles. The molecule has 24 heavy (non-hydrogen) atoms. The summed E-state index contributed by atoms with van der Waals surface area (Å²) in [4.78, 5) is 31.6. The SMILES string of the molecule is COc1ncnc2c1c(Br)cn2-c1cc(C(=O)O)ccn1.O=NO. The summed E-state index contributed by atoms with van der Waals surface area (Å²) in [6.07, 6.45) is 4.57. The third kappa shape index (κ3) is 3.30. The number of hydrogen-bond donors (Lipinski definition) is 2. The normalized spacial score (nSPS) is 9.92. The molecular weight excluding hydrogens is 386 g/mol. The van der Waals surface area contributed by atoms with Gasteiger partial charge >= 0.3 is 5.97 Å². The zero-order chi connectivity index (χ0) is 17.7. The van der Waals surface area contributed by atoms with Gasteiger partial charge in [0.15, 0.2) is 11.0 Å². The molecule has 3 aromatic heterocycles. The van der Waals surface area contributed by atoms with E-state index in [9.17, 15) is 4.79 Å². The van der Waals surface area contributed by atoms with Gasteiger partial charge in [0, 0.05) is 12.4 Å². The molecule has 0 aliphatic heterocycles. The van der Waals surface area contributed by atoms with Crippen LogP contribution in [0.15, 0.2) is 40.7 Å². The zero-order valence-corrected chi connectivity index (χ0v) is 13.7. The Balaban J connectivity index is 0.000000647. The van der Waals surface area contributed by atoms with Crippen molar-refractivity contribution >= 4 is 32.9 Å². The number of carboxylic acids is 1. The highest BCUT2D eigenvalue weighted by Gasteiger charge is 2.16. The van der Waals surface area contributed by atoms with Crippen molar-refractivity contribution in [2.24, 2.45) is 5.34 Å². The number of carboxylic acid groups (broad SMARTS) is 1. The maximum Gasteiger partial charge on any atom is 0.335 e. The quantitative estimate of drug-likeness (QED) is 0.508. The number of ether oxygens (including phenoxy) is 1. The predicted molar refractivity (Wildman–Crippen MR) is 85.5 cm³/mol. The maximum atomic E-state index is 11.1. The van der Waals surface area contributed by atoms with E-state index in [0.29, 0.717) is 22.7 Å². The molecule has 0 radical (unpaired) electrons. The zero-order valence-electron chi connectivity index (χ0n) is 12.1. The van der Waals surface area contributed by atoms with E-state index in [1.807, 2.05) is 0 Å². The molecule has 0 bridgehead atoms. The van der Waals surface area contributed by atoms with Gasteiger partial charge in [-0.1, -0.05) is 0 Å². The van der Waals surface area contributed by atoms with E-state index in [0.717, 1.165) is 4.47 Å². The third-order valence-corrected chi connectivity index (χ3v) is 3.54. The van der Waals surface area contributed by atoms with Gasteiger partial charge in [0.05, 0.1) is 22.5 Å². The number of pyridine rings is 1. The van der Waals surface area contributed by atoms with Crippen LogP contribution in [0.4, 0.5) is 0 Å². The average molecular weight is 396 g/mol. The van der Waals surface area contributed by atoms with Crippen molar-refractivity contribution in [2.45, 2.75) is 0 Å². The summed E-state index contributed by atoms with van der Waals surface area (Å²) in [6.45, 7) is 0. The molecule has 0 fully saturated rings. The molecule has 0 unspecified atom stereocenters. The van der Waals surface area contributed by atoms with Crippen molar-refractivity contribution in [3.8, 4) is 11.7 Å². The summed E-state index contributed by atoms with van der Waals surface area (Å²) in [5, 5.41) is 17.7. The first kappa shape index (κ1) is 17.3. The highest BCUT2D eigenvalue weighted by atomic mass is 79.9. The molecule has 0 atom stereocenters. The van der Waals surface area contributed by atoms with Crippen LogP contribution in [0.3, 0.4) is 0 Å². The molecule has 0 aliphatic rings. The van der Waals surface area contributed by atoms with Crippen LogP contribution in [0, 0.1) is 4.91 Å². The minimum atomic E-state index is -1.01. The van der Waals surface area contributed by atoms with Crippen LogP contribution in [0.5, 0.6) is 5.88 Å². The fourth-order valence-electron chi connectivity index (χ4n) is 2.00. The molecule has 0 saturated carbocycles. The van der Waals surface area contributed by atoms with E-state index in [-0.39, 0.29) is 5.56 Å². The number of halogens is 1. The smallest absolute Gasteiger partial charge is 0.335 e. The van der Waals surface area contributed by atoms with E-state index in [2.05, 4.69) is 30.9 Å². The molecule has 0 spiro atoms. The fraction of sp³-hybridized carbons (Fsp3) is 0.0769. The van der Waals surface area contributed by atoms with Crippen molar-refractivity contribution in [3.05, 3.63) is 45.8 Å². The lowest BCUT2D eigenvalue weighted by molar-refractivity contribution is 0.0696. The third-order valence-electron chi connectivity index (χ3n) is 2.93. The van der Waals surface area contributed by atoms with Gasteiger partial charge in [0.1, 0.15) is 12.1 Å². The Morgan fingerprint density at radius 2 is 2.08 bits per heavy atom. The molecule has 3 rings (SSSR count). The van der Waals surface area contributed by atoms with Crippen molar-refractivity contribution in [1.82, 2.24) is 19.5 Å². The molecule has 0 amide bonds. The van der Waals surface area contributed by atoms with Crippen LogP contribution in [0.2, 0.25) is 0 Å². The first-order chi connectivity index (χ1) is 11.5. The van der Waals surface area contributed by atoms with Gasteiger partial charge in [-0.2, -0.15) is 0 Å². The molecule has 3 heterocycles. The van der Waals surface area contributed by atoms with E-state index >= 15 is 0 Å². The summed E-state index contributed by atoms with van der Waals surface area (Å²) in [5.74, 6) is -0.132. The second kappa shape index (κ2) is 7.46. The summed E-state index contributed by atoms with van der Waals surface area (Å²) >= 11 is 3.43. The predicted octanol–water partition coefficient (Wildman–Crippen LogP) is 2.43. The number of aromatic carboxylic acids is 1. The Hall–Kier alpha value is -3.08. The van der Waals surface area contributed by atoms with Crippen molar-refractivity contribution in [1.29, 1.82) is 0 Å². The van der Waals surface area contributed by atoms with Crippen LogP contribution in [-0.4, -0.2) is 42.9 Å². The average Bonchev–Trinajstić information content (AvgIpc) is 2.93. The highest BCUT2D eigenvalue weighted by molar-refractivity contribution is 9.10. The second-order valence-electron chi connectivity index (χ2n) is 4.22. The monoisotopic (exact) mass is 395 g/mol. The highest BCUT2D eigenvalue weighted by Crippen LogP contribution is 2.32. The number of fused-ring (bicyclic) bond motifs is 1. The van der Waals surface area contributed by atoms with Crippen LogP contribution in [0.25, 0.3) is 16.9 Å². The van der Waals surface area contributed by atoms with Gasteiger partial charge < -0.3 is 15.1 Å². The van der Waals surface area contributed by atoms with Crippen molar-refractivity contribution < 1.29 is 19.8 Å². The number of aromatic nitrogens is 4. The van der Waals surface area contributed by atoms with Crippen LogP contribution in [-0.2, 0) is 0 Å². The number of methoxy groups -OCH3 is 1. The van der Waals surface area contributed by atoms with Crippen molar-refractivity contribution in [3.63, 3.8) is 0 Å². The first-order valence-corrected chi connectivity index (χ1v) is 7.04. The summed E-state index contributed by atoms with van der Waals surface area (Å²) in [5.41, 5.74) is 0.725. The van der Waals surface area contributed by atoms with E-state index in [1.54, 1.807) is 10.8 Å². The first-order valence-electron chi connectivity index (χ1n) is 6.25. The maximum absolute atomic E-state index is 11.1. The molecule has 2 N–H and O–H groups in total. The lowest BCUT2D eigenvalue weighted by Crippen LogP contribution is -2.02. The molecule has 10 nitrogen and oxygen atoms in total. The summed E-state index contributed by atoms with van der Waals surface area (Å²) in [7, 11) is 1.52. The fourth-order valence-corrected chi connectivity index (χ4v) is 2.56. The standard InChI is InChI=1S/C13H9BrN4O3.HNO2/c1-21-12-10-8(14)5-18(11(10)16-6-17-12)9-4-7(13(19)20)2-3-15-9;2-1-3/h2-6H,1H3,(H,19,20);(H,2,3). The van der Waals surface area contributed by atoms with Crippen LogP contribution < -0.4 is 4.74 Å². The van der Waals surface area contributed by atoms with Gasteiger partial charge in [-0.25, -0.2) is 19.7 Å². The second-order valence-corrected chi connectivity index (χ2v) is 5.07. The Kier molecular flexibility index (Phi) is 5.37. The van der Waals surface area contributed by atoms with Crippen LogP contribution >= 0.6 is 15.9 Å². The van der Waals surface area contributed by atoms with E-state index in [1.165, 1.54) is 37.1 Å². The van der Waals surface area contributed by atoms with Gasteiger partial charge in [-0.05, 0) is 28.1 Å². The van der Waals surface area contributed by atoms with Gasteiger partial charge in [-0.15, -0.1) is 4.91 Å². The minimum Gasteiger partial charge on any atom is -0.480 e. The number of hydrogen-bond acceptors (Lipinski definition) is 7. The van der Waals surface area contributed by atoms with Gasteiger partial charge in [-0.3, -0.25) is 4.57 Å². The Morgan fingerprint density at radius 1 is 1.38 bits per heavy atom. The van der Waals surface area contributed by atoms with Crippen molar-refractivity contribution in [2.75, 3.05) is 7.11 Å². The number of carbonyl (C=O) groups is 1. The van der Waals surface area contributed by atoms with Crippen LogP contribution in [0.1, 0.15) is 10.4 Å². The Labute approximate surface area is 142 Å². The van der Waals surface area contributed by atoms with Gasteiger partial charge in [0.25, 0.3) is 0 Å². The largest absolute Gasteiger partial charge is 0.480 e. The van der Waals surface area contributed by atoms with E-state index < -0.39 is 5.97 Å². The minimum absolute atomic E-state index is 0.152.